The molecule has 0 spiro atoms. The van der Waals surface area contributed by atoms with Crippen LogP contribution in [0.1, 0.15) is 41.9 Å². The van der Waals surface area contributed by atoms with Gasteiger partial charge in [0.1, 0.15) is 13.2 Å². The fourth-order valence-corrected chi connectivity index (χ4v) is 6.15. The zero-order chi connectivity index (χ0) is 29.5. The Labute approximate surface area is 246 Å². The molecule has 1 aliphatic heterocycles. The van der Waals surface area contributed by atoms with Crippen molar-refractivity contribution in [3.8, 4) is 11.1 Å². The third kappa shape index (κ3) is 6.71. The maximum absolute atomic E-state index is 13.3. The summed E-state index contributed by atoms with van der Waals surface area (Å²) in [6, 6.07) is 26.5. The number of piperidine rings is 1. The van der Waals surface area contributed by atoms with E-state index in [4.69, 9.17) is 4.74 Å². The van der Waals surface area contributed by atoms with Gasteiger partial charge in [-0.05, 0) is 40.7 Å². The van der Waals surface area contributed by atoms with Gasteiger partial charge in [-0.25, -0.2) is 4.79 Å². The summed E-state index contributed by atoms with van der Waals surface area (Å²) < 4.78 is 5.85. The average Bonchev–Trinajstić information content (AvgIpc) is 3.31. The lowest BCUT2D eigenvalue weighted by atomic mass is 9.83. The SMILES string of the molecule is C=CCN(CC(=O)O)C(=O)CC1(NC(=O)OCC2c3ccccc3-c3ccccc32)CCN(Cc2ccccc2)CC1. The number of fused-ring (bicyclic) bond motifs is 3. The number of carbonyl (C=O) groups excluding carboxylic acids is 2. The molecule has 8 nitrogen and oxygen atoms in total. The number of carboxylic acids is 1. The number of hydrogen-bond acceptors (Lipinski definition) is 5. The van der Waals surface area contributed by atoms with Crippen molar-refractivity contribution < 1.29 is 24.2 Å². The van der Waals surface area contributed by atoms with E-state index in [-0.39, 0.29) is 31.4 Å². The molecular formula is C34H37N3O5. The molecular weight excluding hydrogens is 530 g/mol. The number of benzene rings is 3. The number of carboxylic acid groups (broad SMARTS) is 1. The number of likely N-dealkylation sites (tertiary alicyclic amines) is 1. The Hall–Kier alpha value is -4.43. The molecule has 2 N–H and O–H groups in total. The first kappa shape index (κ1) is 29.1. The second kappa shape index (κ2) is 13.0. The fourth-order valence-electron chi connectivity index (χ4n) is 6.15. The maximum atomic E-state index is 13.3. The molecule has 42 heavy (non-hydrogen) atoms. The predicted molar refractivity (Wildman–Crippen MR) is 161 cm³/mol. The van der Waals surface area contributed by atoms with Crippen LogP contribution >= 0.6 is 0 Å². The molecule has 2 aliphatic rings. The van der Waals surface area contributed by atoms with Crippen LogP contribution in [0.2, 0.25) is 0 Å². The van der Waals surface area contributed by atoms with Gasteiger partial charge in [0.05, 0.1) is 12.0 Å². The largest absolute Gasteiger partial charge is 0.480 e. The first-order valence-corrected chi connectivity index (χ1v) is 14.4. The number of rotatable bonds is 11. The summed E-state index contributed by atoms with van der Waals surface area (Å²) in [6.07, 6.45) is 1.98. The van der Waals surface area contributed by atoms with Gasteiger partial charge in [0.15, 0.2) is 0 Å². The Balaban J connectivity index is 1.29. The zero-order valence-electron chi connectivity index (χ0n) is 23.7. The molecule has 0 aromatic heterocycles. The van der Waals surface area contributed by atoms with Crippen LogP contribution in [0.5, 0.6) is 0 Å². The van der Waals surface area contributed by atoms with Crippen LogP contribution in [0.4, 0.5) is 4.79 Å². The Morgan fingerprint density at radius 3 is 2.14 bits per heavy atom. The highest BCUT2D eigenvalue weighted by Crippen LogP contribution is 2.44. The molecule has 2 amide bonds. The number of ether oxygens (including phenoxy) is 1. The van der Waals surface area contributed by atoms with E-state index in [9.17, 15) is 19.5 Å². The standard InChI is InChI=1S/C34H37N3O5/c1-2-18-37(23-32(39)40)31(38)21-34(16-19-36(20-17-34)22-25-10-4-3-5-11-25)35-33(41)42-24-30-28-14-8-6-12-26(28)27-13-7-9-15-29(27)30/h2-15,30H,1,16-24H2,(H,35,41)(H,39,40). The minimum atomic E-state index is -1.10. The molecule has 3 aromatic rings. The first-order valence-electron chi connectivity index (χ1n) is 14.4. The summed E-state index contributed by atoms with van der Waals surface area (Å²) in [5, 5.41) is 12.4. The van der Waals surface area contributed by atoms with Gasteiger partial charge < -0.3 is 20.1 Å². The van der Waals surface area contributed by atoms with Crippen LogP contribution in [0.25, 0.3) is 11.1 Å². The van der Waals surface area contributed by atoms with Gasteiger partial charge >= 0.3 is 12.1 Å². The number of nitrogens with one attached hydrogen (secondary N) is 1. The van der Waals surface area contributed by atoms with Gasteiger partial charge in [0, 0.05) is 32.1 Å². The topological polar surface area (TPSA) is 99.2 Å². The number of amides is 2. The van der Waals surface area contributed by atoms with Crippen molar-refractivity contribution in [2.24, 2.45) is 0 Å². The zero-order valence-corrected chi connectivity index (χ0v) is 23.7. The van der Waals surface area contributed by atoms with Crippen LogP contribution in [0.3, 0.4) is 0 Å². The van der Waals surface area contributed by atoms with Crippen molar-refractivity contribution in [2.45, 2.75) is 37.3 Å². The van der Waals surface area contributed by atoms with Crippen molar-refractivity contribution >= 4 is 18.0 Å². The highest BCUT2D eigenvalue weighted by Gasteiger charge is 2.40. The molecule has 0 atom stereocenters. The van der Waals surface area contributed by atoms with Crippen molar-refractivity contribution in [1.82, 2.24) is 15.1 Å². The van der Waals surface area contributed by atoms with Crippen molar-refractivity contribution in [3.63, 3.8) is 0 Å². The van der Waals surface area contributed by atoms with Gasteiger partial charge in [-0.2, -0.15) is 0 Å². The Morgan fingerprint density at radius 1 is 0.952 bits per heavy atom. The minimum absolute atomic E-state index is 0.0164. The molecule has 1 aliphatic carbocycles. The van der Waals surface area contributed by atoms with Crippen LogP contribution in [-0.2, 0) is 20.9 Å². The molecule has 0 bridgehead atoms. The molecule has 0 radical (unpaired) electrons. The number of aliphatic carboxylic acids is 1. The van der Waals surface area contributed by atoms with Crippen molar-refractivity contribution in [1.29, 1.82) is 0 Å². The Morgan fingerprint density at radius 2 is 1.55 bits per heavy atom. The lowest BCUT2D eigenvalue weighted by Crippen LogP contribution is -2.57. The van der Waals surface area contributed by atoms with Gasteiger partial charge in [0.25, 0.3) is 0 Å². The van der Waals surface area contributed by atoms with Crippen LogP contribution in [-0.4, -0.2) is 71.2 Å². The third-order valence-corrected chi connectivity index (χ3v) is 8.29. The number of carbonyl (C=O) groups is 3. The van der Waals surface area contributed by atoms with Crippen LogP contribution in [0.15, 0.2) is 91.5 Å². The quantitative estimate of drug-likeness (QED) is 0.315. The molecule has 218 valence electrons. The molecule has 5 rings (SSSR count). The molecule has 3 aromatic carbocycles. The van der Waals surface area contributed by atoms with E-state index in [1.807, 2.05) is 42.5 Å². The van der Waals surface area contributed by atoms with Gasteiger partial charge in [-0.1, -0.05) is 84.9 Å². The summed E-state index contributed by atoms with van der Waals surface area (Å²) in [7, 11) is 0. The summed E-state index contributed by atoms with van der Waals surface area (Å²) in [5.41, 5.74) is 4.89. The van der Waals surface area contributed by atoms with E-state index in [0.717, 1.165) is 28.8 Å². The van der Waals surface area contributed by atoms with E-state index >= 15 is 0 Å². The average molecular weight is 568 g/mol. The van der Waals surface area contributed by atoms with E-state index in [1.54, 1.807) is 0 Å². The van der Waals surface area contributed by atoms with E-state index in [1.165, 1.54) is 16.5 Å². The highest BCUT2D eigenvalue weighted by atomic mass is 16.5. The smallest absolute Gasteiger partial charge is 0.407 e. The fraction of sp³-hybridized carbons (Fsp3) is 0.324. The number of alkyl carbamates (subject to hydrolysis) is 1. The van der Waals surface area contributed by atoms with E-state index < -0.39 is 24.1 Å². The first-order chi connectivity index (χ1) is 20.4. The van der Waals surface area contributed by atoms with Gasteiger partial charge in [-0.3, -0.25) is 14.5 Å². The summed E-state index contributed by atoms with van der Waals surface area (Å²) in [4.78, 5) is 41.7. The molecule has 1 saturated heterocycles. The van der Waals surface area contributed by atoms with Crippen molar-refractivity contribution in [3.05, 3.63) is 108 Å². The maximum Gasteiger partial charge on any atom is 0.407 e. The molecule has 1 fully saturated rings. The molecule has 0 saturated carbocycles. The van der Waals surface area contributed by atoms with Crippen molar-refractivity contribution in [2.75, 3.05) is 32.8 Å². The second-order valence-corrected chi connectivity index (χ2v) is 11.1. The Kier molecular flexibility index (Phi) is 9.03. The van der Waals surface area contributed by atoms with Gasteiger partial charge in [-0.15, -0.1) is 6.58 Å². The third-order valence-electron chi connectivity index (χ3n) is 8.29. The van der Waals surface area contributed by atoms with Gasteiger partial charge in [0.2, 0.25) is 5.91 Å². The van der Waals surface area contributed by atoms with E-state index in [2.05, 4.69) is 53.2 Å². The van der Waals surface area contributed by atoms with E-state index in [0.29, 0.717) is 25.9 Å². The minimum Gasteiger partial charge on any atom is -0.480 e. The Bertz CT molecular complexity index is 1390. The summed E-state index contributed by atoms with van der Waals surface area (Å²) in [5.74, 6) is -1.51. The molecule has 0 unspecified atom stereocenters. The van der Waals surface area contributed by atoms with Crippen LogP contribution < -0.4 is 5.32 Å². The summed E-state index contributed by atoms with van der Waals surface area (Å²) in [6.45, 7) is 5.65. The molecule has 1 heterocycles. The summed E-state index contributed by atoms with van der Waals surface area (Å²) >= 11 is 0. The molecule has 8 heteroatoms. The monoisotopic (exact) mass is 567 g/mol. The second-order valence-electron chi connectivity index (χ2n) is 11.1. The normalized spacial score (nSPS) is 15.7. The predicted octanol–water partition coefficient (Wildman–Crippen LogP) is 5.05. The highest BCUT2D eigenvalue weighted by molar-refractivity contribution is 5.83. The lowest BCUT2D eigenvalue weighted by molar-refractivity contribution is -0.144. The lowest BCUT2D eigenvalue weighted by Gasteiger charge is -2.42. The number of hydrogen-bond donors (Lipinski definition) is 2. The number of nitrogens with zero attached hydrogens (tertiary/aromatic N) is 2. The van der Waals surface area contributed by atoms with Crippen LogP contribution in [0, 0.1) is 0 Å².